The number of nitriles is 1. The van der Waals surface area contributed by atoms with Crippen LogP contribution >= 0.6 is 11.8 Å². The normalized spacial score (nSPS) is 11.8. The molecule has 0 rings (SSSR count). The van der Waals surface area contributed by atoms with Crippen LogP contribution in [-0.4, -0.2) is 4.75 Å². The third kappa shape index (κ3) is 6.30. The lowest BCUT2D eigenvalue weighted by molar-refractivity contribution is 0.815. The average Bonchev–Trinajstić information content (AvgIpc) is 2.04. The predicted molar refractivity (Wildman–Crippen MR) is 55.9 cm³/mol. The van der Waals surface area contributed by atoms with Crippen LogP contribution in [0.5, 0.6) is 0 Å². The van der Waals surface area contributed by atoms with Crippen molar-refractivity contribution in [2.45, 2.75) is 44.8 Å². The summed E-state index contributed by atoms with van der Waals surface area (Å²) >= 11 is 1.59. The molecule has 0 aliphatic rings. The second-order valence-corrected chi connectivity index (χ2v) is 4.78. The third-order valence-corrected chi connectivity index (χ3v) is 2.46. The molecular weight excluding hydrogens is 166 g/mol. The van der Waals surface area contributed by atoms with Gasteiger partial charge in [0.25, 0.3) is 0 Å². The molecule has 68 valence electrons. The Labute approximate surface area is 79.8 Å². The highest BCUT2D eigenvalue weighted by Gasteiger charge is 2.14. The van der Waals surface area contributed by atoms with Crippen LogP contribution in [0, 0.1) is 11.3 Å². The molecule has 1 nitrogen and oxygen atoms in total. The first-order valence-corrected chi connectivity index (χ1v) is 5.24. The molecular formula is C10H17NS. The first kappa shape index (κ1) is 11.6. The molecule has 0 heterocycles. The zero-order valence-corrected chi connectivity index (χ0v) is 8.95. The smallest absolute Gasteiger partial charge is 0.101 e. The van der Waals surface area contributed by atoms with Crippen molar-refractivity contribution < 1.29 is 0 Å². The summed E-state index contributed by atoms with van der Waals surface area (Å²) < 4.78 is -0.275. The highest BCUT2D eigenvalue weighted by Crippen LogP contribution is 2.24. The standard InChI is InChI=1S/C10H17NS/c1-4-5-6-7-8-12-10(2,3)9-11/h7-8H,4-6H2,1-3H3/b8-7+. The van der Waals surface area contributed by atoms with Gasteiger partial charge in [-0.2, -0.15) is 5.26 Å². The third-order valence-electron chi connectivity index (χ3n) is 1.45. The molecule has 0 aromatic carbocycles. The summed E-state index contributed by atoms with van der Waals surface area (Å²) in [5.41, 5.74) is 0. The van der Waals surface area contributed by atoms with Gasteiger partial charge in [-0.05, 0) is 25.7 Å². The molecule has 0 aliphatic carbocycles. The molecule has 0 spiro atoms. The number of rotatable bonds is 5. The Morgan fingerprint density at radius 3 is 2.67 bits per heavy atom. The van der Waals surface area contributed by atoms with Crippen LogP contribution in [0.4, 0.5) is 0 Å². The fourth-order valence-electron chi connectivity index (χ4n) is 0.635. The number of hydrogen-bond donors (Lipinski definition) is 0. The summed E-state index contributed by atoms with van der Waals surface area (Å²) in [5.74, 6) is 0. The fraction of sp³-hybridized carbons (Fsp3) is 0.700. The molecule has 0 saturated heterocycles. The van der Waals surface area contributed by atoms with Gasteiger partial charge in [0.05, 0.1) is 6.07 Å². The molecule has 0 saturated carbocycles. The Morgan fingerprint density at radius 1 is 1.50 bits per heavy atom. The van der Waals surface area contributed by atoms with E-state index < -0.39 is 0 Å². The van der Waals surface area contributed by atoms with Crippen LogP contribution in [0.2, 0.25) is 0 Å². The van der Waals surface area contributed by atoms with Gasteiger partial charge in [0, 0.05) is 0 Å². The van der Waals surface area contributed by atoms with Crippen LogP contribution in [0.1, 0.15) is 40.0 Å². The van der Waals surface area contributed by atoms with Crippen LogP contribution in [0.15, 0.2) is 11.5 Å². The molecule has 0 aromatic rings. The number of hydrogen-bond acceptors (Lipinski definition) is 2. The van der Waals surface area contributed by atoms with E-state index in [2.05, 4.69) is 19.1 Å². The topological polar surface area (TPSA) is 23.8 Å². The van der Waals surface area contributed by atoms with Gasteiger partial charge in [-0.15, -0.1) is 11.8 Å². The van der Waals surface area contributed by atoms with E-state index >= 15 is 0 Å². The minimum atomic E-state index is -0.275. The van der Waals surface area contributed by atoms with Gasteiger partial charge in [-0.3, -0.25) is 0 Å². The highest BCUT2D eigenvalue weighted by molar-refractivity contribution is 8.03. The van der Waals surface area contributed by atoms with Crippen molar-refractivity contribution in [1.29, 1.82) is 5.26 Å². The van der Waals surface area contributed by atoms with Crippen molar-refractivity contribution in [3.05, 3.63) is 11.5 Å². The Hall–Kier alpha value is -0.420. The molecule has 0 amide bonds. The molecule has 0 atom stereocenters. The molecule has 12 heavy (non-hydrogen) atoms. The summed E-state index contributed by atoms with van der Waals surface area (Å²) in [6.07, 6.45) is 5.75. The quantitative estimate of drug-likeness (QED) is 0.606. The Morgan fingerprint density at radius 2 is 2.17 bits per heavy atom. The lowest BCUT2D eigenvalue weighted by atomic mass is 10.2. The molecule has 0 fully saturated rings. The van der Waals surface area contributed by atoms with Crippen molar-refractivity contribution in [1.82, 2.24) is 0 Å². The van der Waals surface area contributed by atoms with Gasteiger partial charge in [0.1, 0.15) is 4.75 Å². The summed E-state index contributed by atoms with van der Waals surface area (Å²) in [5, 5.41) is 10.7. The molecule has 0 N–H and O–H groups in total. The lowest BCUT2D eigenvalue weighted by Crippen LogP contribution is -2.08. The van der Waals surface area contributed by atoms with E-state index in [4.69, 9.17) is 5.26 Å². The van der Waals surface area contributed by atoms with E-state index in [0.29, 0.717) is 0 Å². The van der Waals surface area contributed by atoms with Crippen LogP contribution < -0.4 is 0 Å². The maximum Gasteiger partial charge on any atom is 0.101 e. The fourth-order valence-corrected chi connectivity index (χ4v) is 1.26. The van der Waals surface area contributed by atoms with Gasteiger partial charge in [0.15, 0.2) is 0 Å². The first-order valence-electron chi connectivity index (χ1n) is 4.36. The zero-order chi connectivity index (χ0) is 9.45. The van der Waals surface area contributed by atoms with Crippen LogP contribution in [-0.2, 0) is 0 Å². The molecule has 0 bridgehead atoms. The predicted octanol–water partition coefficient (Wildman–Crippen LogP) is 3.73. The second kappa shape index (κ2) is 6.14. The van der Waals surface area contributed by atoms with Gasteiger partial charge in [-0.1, -0.05) is 25.8 Å². The Balaban J connectivity index is 3.55. The monoisotopic (exact) mass is 183 g/mol. The average molecular weight is 183 g/mol. The van der Waals surface area contributed by atoms with E-state index in [-0.39, 0.29) is 4.75 Å². The molecule has 0 unspecified atom stereocenters. The van der Waals surface area contributed by atoms with Crippen molar-refractivity contribution in [2.24, 2.45) is 0 Å². The zero-order valence-electron chi connectivity index (χ0n) is 8.13. The minimum absolute atomic E-state index is 0.275. The van der Waals surface area contributed by atoms with E-state index in [1.165, 1.54) is 12.8 Å². The Kier molecular flexibility index (Phi) is 5.92. The SMILES string of the molecule is CCCC/C=C/SC(C)(C)C#N. The van der Waals surface area contributed by atoms with Crippen molar-refractivity contribution in [3.63, 3.8) is 0 Å². The van der Waals surface area contributed by atoms with Gasteiger partial charge >= 0.3 is 0 Å². The maximum absolute atomic E-state index is 8.69. The van der Waals surface area contributed by atoms with Crippen LogP contribution in [0.25, 0.3) is 0 Å². The summed E-state index contributed by atoms with van der Waals surface area (Å²) in [6.45, 7) is 6.05. The maximum atomic E-state index is 8.69. The minimum Gasteiger partial charge on any atom is -0.197 e. The molecule has 0 aliphatic heterocycles. The molecule has 0 aromatic heterocycles. The van der Waals surface area contributed by atoms with E-state index in [9.17, 15) is 0 Å². The van der Waals surface area contributed by atoms with Gasteiger partial charge in [0.2, 0.25) is 0 Å². The largest absolute Gasteiger partial charge is 0.197 e. The highest BCUT2D eigenvalue weighted by atomic mass is 32.2. The van der Waals surface area contributed by atoms with E-state index in [0.717, 1.165) is 6.42 Å². The number of unbranched alkanes of at least 4 members (excludes halogenated alkanes) is 2. The number of thioether (sulfide) groups is 1. The first-order chi connectivity index (χ1) is 5.62. The molecule has 0 radical (unpaired) electrons. The number of allylic oxidation sites excluding steroid dienone is 1. The Bertz CT molecular complexity index is 177. The van der Waals surface area contributed by atoms with Crippen molar-refractivity contribution in [3.8, 4) is 6.07 Å². The van der Waals surface area contributed by atoms with Crippen LogP contribution in [0.3, 0.4) is 0 Å². The van der Waals surface area contributed by atoms with Gasteiger partial charge in [-0.25, -0.2) is 0 Å². The molecule has 2 heteroatoms. The summed E-state index contributed by atoms with van der Waals surface area (Å²) in [6, 6.07) is 2.24. The summed E-state index contributed by atoms with van der Waals surface area (Å²) in [7, 11) is 0. The van der Waals surface area contributed by atoms with E-state index in [1.54, 1.807) is 11.8 Å². The van der Waals surface area contributed by atoms with Gasteiger partial charge < -0.3 is 0 Å². The summed E-state index contributed by atoms with van der Waals surface area (Å²) in [4.78, 5) is 0. The number of nitrogens with zero attached hydrogens (tertiary/aromatic N) is 1. The van der Waals surface area contributed by atoms with E-state index in [1.807, 2.05) is 19.3 Å². The van der Waals surface area contributed by atoms with Crippen molar-refractivity contribution >= 4 is 11.8 Å². The lowest BCUT2D eigenvalue weighted by Gasteiger charge is -2.09. The second-order valence-electron chi connectivity index (χ2n) is 3.25. The van der Waals surface area contributed by atoms with Crippen molar-refractivity contribution in [2.75, 3.05) is 0 Å².